The van der Waals surface area contributed by atoms with E-state index in [1.807, 2.05) is 6.92 Å². The summed E-state index contributed by atoms with van der Waals surface area (Å²) in [5, 5.41) is 0.672. The number of thioether (sulfide) groups is 1. The number of carbonyl (C=O) groups excluding carboxylic acids is 1. The molecule has 0 heterocycles. The minimum Gasteiger partial charge on any atom is -0.495 e. The molecular weight excluding hydrogens is 267 g/mol. The minimum absolute atomic E-state index is 0.105. The normalized spacial score (nSPS) is 12.3. The van der Waals surface area contributed by atoms with Crippen LogP contribution in [0, 0.1) is 0 Å². The van der Waals surface area contributed by atoms with Crippen LogP contribution in [-0.4, -0.2) is 18.1 Å². The van der Waals surface area contributed by atoms with Gasteiger partial charge in [0.15, 0.2) is 0 Å². The highest BCUT2D eigenvalue weighted by atomic mass is 35.5. The number of hydrogen-bond donors (Lipinski definition) is 0. The zero-order chi connectivity index (χ0) is 12.3. The van der Waals surface area contributed by atoms with E-state index in [9.17, 15) is 4.79 Å². The number of halogens is 2. The van der Waals surface area contributed by atoms with E-state index in [0.717, 1.165) is 4.90 Å². The Balaban J connectivity index is 2.99. The molecule has 0 aliphatic carbocycles. The first-order chi connectivity index (χ1) is 7.47. The summed E-state index contributed by atoms with van der Waals surface area (Å²) >= 11 is 13.5. The van der Waals surface area contributed by atoms with Crippen LogP contribution in [0.5, 0.6) is 5.75 Å². The molecule has 0 N–H and O–H groups in total. The van der Waals surface area contributed by atoms with E-state index in [2.05, 4.69) is 0 Å². The smallest absolute Gasteiger partial charge is 0.142 e. The van der Waals surface area contributed by atoms with Crippen LogP contribution >= 0.6 is 35.0 Å². The highest BCUT2D eigenvalue weighted by Gasteiger charge is 2.15. The van der Waals surface area contributed by atoms with Gasteiger partial charge in [0.2, 0.25) is 0 Å². The first-order valence-corrected chi connectivity index (χ1v) is 6.30. The molecule has 1 aromatic rings. The summed E-state index contributed by atoms with van der Waals surface area (Å²) < 4.78 is 5.04. The molecule has 5 heteroatoms. The van der Waals surface area contributed by atoms with Crippen molar-refractivity contribution in [2.45, 2.75) is 24.0 Å². The maximum Gasteiger partial charge on any atom is 0.142 e. The molecule has 0 aliphatic rings. The van der Waals surface area contributed by atoms with Crippen molar-refractivity contribution in [3.63, 3.8) is 0 Å². The molecule has 0 fully saturated rings. The number of methoxy groups -OCH3 is 1. The van der Waals surface area contributed by atoms with E-state index in [1.54, 1.807) is 19.1 Å². The van der Waals surface area contributed by atoms with E-state index >= 15 is 0 Å². The van der Waals surface area contributed by atoms with Crippen LogP contribution in [0.25, 0.3) is 0 Å². The Labute approximate surface area is 109 Å². The van der Waals surface area contributed by atoms with Gasteiger partial charge in [0.05, 0.1) is 17.4 Å². The lowest BCUT2D eigenvalue weighted by Gasteiger charge is -2.11. The van der Waals surface area contributed by atoms with E-state index in [4.69, 9.17) is 27.9 Å². The molecule has 0 saturated heterocycles. The van der Waals surface area contributed by atoms with Crippen molar-refractivity contribution >= 4 is 40.7 Å². The van der Waals surface area contributed by atoms with Gasteiger partial charge in [-0.25, -0.2) is 0 Å². The molecule has 1 aromatic carbocycles. The summed E-state index contributed by atoms with van der Waals surface area (Å²) in [5.74, 6) is 0.638. The Morgan fingerprint density at radius 2 is 2.00 bits per heavy atom. The van der Waals surface area contributed by atoms with Gasteiger partial charge in [0, 0.05) is 4.90 Å². The van der Waals surface area contributed by atoms with E-state index in [-0.39, 0.29) is 11.0 Å². The van der Waals surface area contributed by atoms with Crippen LogP contribution in [0.2, 0.25) is 10.0 Å². The summed E-state index contributed by atoms with van der Waals surface area (Å²) in [6.07, 6.45) is 0. The van der Waals surface area contributed by atoms with Crippen molar-refractivity contribution in [2.75, 3.05) is 7.11 Å². The predicted octanol–water partition coefficient (Wildman–Crippen LogP) is 4.07. The second-order valence-corrected chi connectivity index (χ2v) is 5.40. The third kappa shape index (κ3) is 3.06. The number of ketones is 1. The fraction of sp³-hybridized carbons (Fsp3) is 0.364. The fourth-order valence-corrected chi connectivity index (χ4v) is 2.52. The van der Waals surface area contributed by atoms with Gasteiger partial charge < -0.3 is 4.74 Å². The highest BCUT2D eigenvalue weighted by molar-refractivity contribution is 8.00. The number of Topliss-reactive ketones (excluding diaryl/α,β-unsaturated/α-hetero) is 1. The van der Waals surface area contributed by atoms with Crippen molar-refractivity contribution < 1.29 is 9.53 Å². The lowest BCUT2D eigenvalue weighted by atomic mass is 10.3. The van der Waals surface area contributed by atoms with Crippen LogP contribution in [0.1, 0.15) is 13.8 Å². The zero-order valence-corrected chi connectivity index (χ0v) is 11.5. The Bertz CT molecular complexity index is 407. The lowest BCUT2D eigenvalue weighted by molar-refractivity contribution is -0.116. The predicted molar refractivity (Wildman–Crippen MR) is 69.0 cm³/mol. The number of benzene rings is 1. The molecular formula is C11H12Cl2O2S. The van der Waals surface area contributed by atoms with Gasteiger partial charge in [-0.15, -0.1) is 11.8 Å². The van der Waals surface area contributed by atoms with Crippen molar-refractivity contribution in [3.05, 3.63) is 22.2 Å². The van der Waals surface area contributed by atoms with Gasteiger partial charge >= 0.3 is 0 Å². The summed E-state index contributed by atoms with van der Waals surface area (Å²) in [6, 6.07) is 3.54. The minimum atomic E-state index is -0.137. The maximum absolute atomic E-state index is 11.1. The molecule has 0 aromatic heterocycles. The van der Waals surface area contributed by atoms with Crippen LogP contribution < -0.4 is 4.74 Å². The molecule has 0 amide bonds. The number of rotatable bonds is 4. The summed E-state index contributed by atoms with van der Waals surface area (Å²) in [6.45, 7) is 3.39. The van der Waals surface area contributed by atoms with Gasteiger partial charge in [0.1, 0.15) is 16.6 Å². The Kier molecular flexibility index (Phi) is 4.96. The third-order valence-electron chi connectivity index (χ3n) is 2.11. The van der Waals surface area contributed by atoms with Gasteiger partial charge in [0.25, 0.3) is 0 Å². The molecule has 16 heavy (non-hydrogen) atoms. The Hall–Kier alpha value is -0.380. The Morgan fingerprint density at radius 1 is 1.38 bits per heavy atom. The van der Waals surface area contributed by atoms with Crippen molar-refractivity contribution in [1.29, 1.82) is 0 Å². The molecule has 1 unspecified atom stereocenters. The van der Waals surface area contributed by atoms with Gasteiger partial charge in [-0.2, -0.15) is 0 Å². The molecule has 88 valence electrons. The fourth-order valence-electron chi connectivity index (χ4n) is 1.04. The van der Waals surface area contributed by atoms with Crippen LogP contribution in [0.15, 0.2) is 17.0 Å². The Morgan fingerprint density at radius 3 is 2.50 bits per heavy atom. The number of hydrogen-bond acceptors (Lipinski definition) is 3. The molecule has 2 nitrogen and oxygen atoms in total. The second kappa shape index (κ2) is 5.80. The lowest BCUT2D eigenvalue weighted by Crippen LogP contribution is -2.07. The van der Waals surface area contributed by atoms with Gasteiger partial charge in [-0.05, 0) is 26.0 Å². The first-order valence-electron chi connectivity index (χ1n) is 4.66. The van der Waals surface area contributed by atoms with E-state index in [0.29, 0.717) is 15.8 Å². The maximum atomic E-state index is 11.1. The zero-order valence-electron chi connectivity index (χ0n) is 9.21. The summed E-state index contributed by atoms with van der Waals surface area (Å²) in [4.78, 5) is 11.9. The van der Waals surface area contributed by atoms with Crippen molar-refractivity contribution in [1.82, 2.24) is 0 Å². The average Bonchev–Trinajstić information content (AvgIpc) is 2.25. The van der Waals surface area contributed by atoms with Gasteiger partial charge in [-0.3, -0.25) is 4.79 Å². The first kappa shape index (κ1) is 13.7. The van der Waals surface area contributed by atoms with E-state index in [1.165, 1.54) is 18.9 Å². The largest absolute Gasteiger partial charge is 0.495 e. The molecule has 0 bridgehead atoms. The average molecular weight is 279 g/mol. The molecule has 1 atom stereocenters. The van der Waals surface area contributed by atoms with Crippen molar-refractivity contribution in [3.8, 4) is 5.75 Å². The monoisotopic (exact) mass is 278 g/mol. The second-order valence-electron chi connectivity index (χ2n) is 3.26. The van der Waals surface area contributed by atoms with Crippen LogP contribution in [-0.2, 0) is 4.79 Å². The SMILES string of the molecule is COc1ccc(SC(C)C(C)=O)c(Cl)c1Cl. The van der Waals surface area contributed by atoms with Crippen LogP contribution in [0.3, 0.4) is 0 Å². The standard InChI is InChI=1S/C11H12Cl2O2S/c1-6(14)7(2)16-9-5-4-8(15-3)10(12)11(9)13/h4-5,7H,1-3H3. The van der Waals surface area contributed by atoms with Gasteiger partial charge in [-0.1, -0.05) is 23.2 Å². The molecule has 0 aliphatic heterocycles. The topological polar surface area (TPSA) is 26.3 Å². The summed E-state index contributed by atoms with van der Waals surface area (Å²) in [5.41, 5.74) is 0. The van der Waals surface area contributed by atoms with Crippen LogP contribution in [0.4, 0.5) is 0 Å². The molecule has 0 saturated carbocycles. The molecule has 0 radical (unpaired) electrons. The quantitative estimate of drug-likeness (QED) is 0.777. The third-order valence-corrected chi connectivity index (χ3v) is 4.36. The van der Waals surface area contributed by atoms with Crippen molar-refractivity contribution in [2.24, 2.45) is 0 Å². The summed E-state index contributed by atoms with van der Waals surface area (Å²) in [7, 11) is 1.53. The highest BCUT2D eigenvalue weighted by Crippen LogP contribution is 2.40. The molecule has 1 rings (SSSR count). The molecule has 0 spiro atoms. The number of ether oxygens (including phenoxy) is 1. The van der Waals surface area contributed by atoms with E-state index < -0.39 is 0 Å². The number of carbonyl (C=O) groups is 1.